The van der Waals surface area contributed by atoms with Crippen molar-refractivity contribution in [2.75, 3.05) is 0 Å². The van der Waals surface area contributed by atoms with Crippen LogP contribution in [0.1, 0.15) is 28.8 Å². The molecule has 8 heteroatoms. The predicted molar refractivity (Wildman–Crippen MR) is 93.0 cm³/mol. The molecule has 0 saturated heterocycles. The summed E-state index contributed by atoms with van der Waals surface area (Å²) in [5, 5.41) is 14.6. The molecular formula is C18H15N3O5. The number of rotatable bonds is 6. The minimum absolute atomic E-state index is 0.0799. The molecule has 0 atom stereocenters. The van der Waals surface area contributed by atoms with Crippen LogP contribution >= 0.6 is 0 Å². The van der Waals surface area contributed by atoms with E-state index in [0.29, 0.717) is 5.75 Å². The van der Waals surface area contributed by atoms with Crippen molar-refractivity contribution in [3.8, 4) is 5.75 Å². The Hall–Kier alpha value is -3.55. The summed E-state index contributed by atoms with van der Waals surface area (Å²) in [5.41, 5.74) is 3.09. The van der Waals surface area contributed by atoms with Crippen LogP contribution in [0.25, 0.3) is 0 Å². The largest absolute Gasteiger partial charge is 0.423 e. The van der Waals surface area contributed by atoms with E-state index in [4.69, 9.17) is 4.74 Å². The molecule has 1 aliphatic rings. The lowest BCUT2D eigenvalue weighted by Gasteiger charge is -2.04. The average Bonchev–Trinajstić information content (AvgIpc) is 3.48. The van der Waals surface area contributed by atoms with E-state index >= 15 is 0 Å². The first-order valence-electron chi connectivity index (χ1n) is 7.92. The Labute approximate surface area is 148 Å². The SMILES string of the molecule is O=C(Oc1ccc(/C=N\NC(=O)C2CC2)cc1)c1cccc([N+](=O)[O-])c1. The number of non-ortho nitro benzene ring substituents is 1. The Balaban J connectivity index is 1.59. The van der Waals surface area contributed by atoms with Crippen LogP contribution < -0.4 is 10.2 Å². The lowest BCUT2D eigenvalue weighted by molar-refractivity contribution is -0.384. The highest BCUT2D eigenvalue weighted by Gasteiger charge is 2.29. The van der Waals surface area contributed by atoms with Crippen LogP contribution in [0.3, 0.4) is 0 Å². The first-order chi connectivity index (χ1) is 12.5. The first kappa shape index (κ1) is 17.3. The maximum Gasteiger partial charge on any atom is 0.343 e. The summed E-state index contributed by atoms with van der Waals surface area (Å²) in [6.07, 6.45) is 3.31. The predicted octanol–water partition coefficient (Wildman–Crippen LogP) is 2.67. The molecule has 0 aromatic heterocycles. The molecule has 0 unspecified atom stereocenters. The maximum atomic E-state index is 12.1. The van der Waals surface area contributed by atoms with Gasteiger partial charge in [0.05, 0.1) is 16.7 Å². The van der Waals surface area contributed by atoms with Crippen molar-refractivity contribution in [2.24, 2.45) is 11.0 Å². The average molecular weight is 353 g/mol. The van der Waals surface area contributed by atoms with Gasteiger partial charge in [-0.1, -0.05) is 6.07 Å². The summed E-state index contributed by atoms with van der Waals surface area (Å²) in [4.78, 5) is 33.7. The number of hydrogen-bond acceptors (Lipinski definition) is 6. The first-order valence-corrected chi connectivity index (χ1v) is 7.92. The third-order valence-electron chi connectivity index (χ3n) is 3.72. The van der Waals surface area contributed by atoms with E-state index in [-0.39, 0.29) is 23.1 Å². The van der Waals surface area contributed by atoms with Gasteiger partial charge in [0.25, 0.3) is 5.69 Å². The van der Waals surface area contributed by atoms with Crippen molar-refractivity contribution in [3.05, 3.63) is 69.8 Å². The Kier molecular flexibility index (Phi) is 5.02. The summed E-state index contributed by atoms with van der Waals surface area (Å²) in [5.74, 6) is -0.390. The molecule has 1 aliphatic carbocycles. The van der Waals surface area contributed by atoms with Crippen LogP contribution in [0.4, 0.5) is 5.69 Å². The second-order valence-corrected chi connectivity index (χ2v) is 5.77. The molecule has 1 amide bonds. The Bertz CT molecular complexity index is 873. The number of hydrogen-bond donors (Lipinski definition) is 1. The van der Waals surface area contributed by atoms with E-state index in [1.807, 2.05) is 0 Å². The van der Waals surface area contributed by atoms with Crippen molar-refractivity contribution < 1.29 is 19.2 Å². The summed E-state index contributed by atoms with van der Waals surface area (Å²) in [6.45, 7) is 0. The van der Waals surface area contributed by atoms with E-state index in [1.165, 1.54) is 24.4 Å². The molecule has 0 spiro atoms. The zero-order chi connectivity index (χ0) is 18.5. The number of nitro benzene ring substituents is 1. The van der Waals surface area contributed by atoms with Crippen molar-refractivity contribution in [3.63, 3.8) is 0 Å². The number of nitrogens with one attached hydrogen (secondary N) is 1. The van der Waals surface area contributed by atoms with E-state index in [9.17, 15) is 19.7 Å². The van der Waals surface area contributed by atoms with Crippen molar-refractivity contribution in [1.29, 1.82) is 0 Å². The fourth-order valence-electron chi connectivity index (χ4n) is 2.14. The van der Waals surface area contributed by atoms with E-state index < -0.39 is 10.9 Å². The molecule has 132 valence electrons. The van der Waals surface area contributed by atoms with E-state index in [2.05, 4.69) is 10.5 Å². The highest BCUT2D eigenvalue weighted by Crippen LogP contribution is 2.28. The number of ether oxygens (including phenoxy) is 1. The quantitative estimate of drug-likeness (QED) is 0.282. The van der Waals surface area contributed by atoms with Gasteiger partial charge < -0.3 is 4.74 Å². The van der Waals surface area contributed by atoms with Gasteiger partial charge in [0.2, 0.25) is 5.91 Å². The van der Waals surface area contributed by atoms with Gasteiger partial charge in [0, 0.05) is 18.1 Å². The van der Waals surface area contributed by atoms with E-state index in [1.54, 1.807) is 24.3 Å². The van der Waals surface area contributed by atoms with Crippen molar-refractivity contribution in [1.82, 2.24) is 5.43 Å². The zero-order valence-corrected chi connectivity index (χ0v) is 13.6. The molecule has 8 nitrogen and oxygen atoms in total. The molecule has 1 N–H and O–H groups in total. The lowest BCUT2D eigenvalue weighted by atomic mass is 10.2. The zero-order valence-electron chi connectivity index (χ0n) is 13.6. The second kappa shape index (κ2) is 7.56. The molecule has 0 heterocycles. The Morgan fingerprint density at radius 1 is 1.19 bits per heavy atom. The van der Waals surface area contributed by atoms with Gasteiger partial charge in [-0.3, -0.25) is 14.9 Å². The van der Waals surface area contributed by atoms with Gasteiger partial charge >= 0.3 is 5.97 Å². The molecule has 1 saturated carbocycles. The van der Waals surface area contributed by atoms with Crippen LogP contribution in [0.5, 0.6) is 5.75 Å². The maximum absolute atomic E-state index is 12.1. The molecule has 2 aromatic carbocycles. The third-order valence-corrected chi connectivity index (χ3v) is 3.72. The summed E-state index contributed by atoms with van der Waals surface area (Å²) < 4.78 is 5.20. The Morgan fingerprint density at radius 2 is 1.92 bits per heavy atom. The van der Waals surface area contributed by atoms with Gasteiger partial charge in [0.1, 0.15) is 5.75 Å². The van der Waals surface area contributed by atoms with Gasteiger partial charge in [0.15, 0.2) is 0 Å². The van der Waals surface area contributed by atoms with Gasteiger partial charge in [-0.05, 0) is 48.7 Å². The molecule has 1 fully saturated rings. The van der Waals surface area contributed by atoms with Crippen molar-refractivity contribution >= 4 is 23.8 Å². The minimum atomic E-state index is -0.688. The van der Waals surface area contributed by atoms with Crippen LogP contribution in [0.2, 0.25) is 0 Å². The number of esters is 1. The topological polar surface area (TPSA) is 111 Å². The van der Waals surface area contributed by atoms with Crippen LogP contribution in [0, 0.1) is 16.0 Å². The molecule has 3 rings (SSSR count). The van der Waals surface area contributed by atoms with Gasteiger partial charge in [-0.15, -0.1) is 0 Å². The normalized spacial score (nSPS) is 13.4. The van der Waals surface area contributed by atoms with Crippen LogP contribution in [0.15, 0.2) is 53.6 Å². The molecule has 0 aliphatic heterocycles. The molecule has 0 bridgehead atoms. The number of nitro groups is 1. The standard InChI is InChI=1S/C18H15N3O5/c22-17(13-6-7-13)20-19-11-12-4-8-16(9-5-12)26-18(23)14-2-1-3-15(10-14)21(24)25/h1-5,8-11,13H,6-7H2,(H,20,22)/b19-11-. The molecule has 26 heavy (non-hydrogen) atoms. The summed E-state index contributed by atoms with van der Waals surface area (Å²) >= 11 is 0. The number of amides is 1. The minimum Gasteiger partial charge on any atom is -0.423 e. The number of benzene rings is 2. The number of carbonyl (C=O) groups is 2. The fraction of sp³-hybridized carbons (Fsp3) is 0.167. The third kappa shape index (κ3) is 4.50. The highest BCUT2D eigenvalue weighted by atomic mass is 16.6. The number of nitrogens with zero attached hydrogens (tertiary/aromatic N) is 2. The van der Waals surface area contributed by atoms with Crippen molar-refractivity contribution in [2.45, 2.75) is 12.8 Å². The van der Waals surface area contributed by atoms with E-state index in [0.717, 1.165) is 24.5 Å². The molecular weight excluding hydrogens is 338 g/mol. The van der Waals surface area contributed by atoms with Crippen LogP contribution in [-0.4, -0.2) is 23.0 Å². The number of hydrazone groups is 1. The lowest BCUT2D eigenvalue weighted by Crippen LogP contribution is -2.18. The summed E-state index contributed by atoms with van der Waals surface area (Å²) in [6, 6.07) is 11.8. The summed E-state index contributed by atoms with van der Waals surface area (Å²) in [7, 11) is 0. The number of carbonyl (C=O) groups excluding carboxylic acids is 2. The second-order valence-electron chi connectivity index (χ2n) is 5.77. The molecule has 0 radical (unpaired) electrons. The van der Waals surface area contributed by atoms with Gasteiger partial charge in [-0.2, -0.15) is 5.10 Å². The molecule has 2 aromatic rings. The van der Waals surface area contributed by atoms with Gasteiger partial charge in [-0.25, -0.2) is 10.2 Å². The monoisotopic (exact) mass is 353 g/mol. The Morgan fingerprint density at radius 3 is 2.58 bits per heavy atom. The smallest absolute Gasteiger partial charge is 0.343 e. The fourth-order valence-corrected chi connectivity index (χ4v) is 2.14. The highest BCUT2D eigenvalue weighted by molar-refractivity contribution is 5.92. The van der Waals surface area contributed by atoms with Crippen LogP contribution in [-0.2, 0) is 4.79 Å².